The van der Waals surface area contributed by atoms with Gasteiger partial charge in [0.25, 0.3) is 0 Å². The molecule has 1 aromatic carbocycles. The van der Waals surface area contributed by atoms with Crippen molar-refractivity contribution in [3.63, 3.8) is 0 Å². The highest BCUT2D eigenvalue weighted by Crippen LogP contribution is 2.11. The van der Waals surface area contributed by atoms with E-state index >= 15 is 0 Å². The van der Waals surface area contributed by atoms with Crippen molar-refractivity contribution in [3.8, 4) is 0 Å². The second-order valence-corrected chi connectivity index (χ2v) is 6.45. The number of alkyl carbamates (subject to hydrolysis) is 1. The number of carbonyl (C=O) groups excluding carboxylic acids is 2. The molecule has 23 heavy (non-hydrogen) atoms. The lowest BCUT2D eigenvalue weighted by atomic mass is 10.0. The standard InChI is InChI=1S/C18H27NO4/c1-18(2,3)23-17(21)19-15(16(20)22-4)13-9-8-12-14-10-6-5-7-11-14/h5-7,10-11,15H,8-9,12-13H2,1-4H3,(H,19,21)/t15-/m1/s1. The van der Waals surface area contributed by atoms with Crippen LogP contribution in [0.3, 0.4) is 0 Å². The van der Waals surface area contributed by atoms with E-state index in [2.05, 4.69) is 17.4 Å². The van der Waals surface area contributed by atoms with Crippen molar-refractivity contribution in [2.75, 3.05) is 7.11 Å². The fourth-order valence-corrected chi connectivity index (χ4v) is 2.16. The number of esters is 1. The summed E-state index contributed by atoms with van der Waals surface area (Å²) >= 11 is 0. The van der Waals surface area contributed by atoms with Gasteiger partial charge in [-0.2, -0.15) is 0 Å². The summed E-state index contributed by atoms with van der Waals surface area (Å²) in [5.41, 5.74) is 0.667. The molecule has 1 N–H and O–H groups in total. The van der Waals surface area contributed by atoms with Gasteiger partial charge in [0.1, 0.15) is 11.6 Å². The molecule has 0 fully saturated rings. The van der Waals surface area contributed by atoms with E-state index in [4.69, 9.17) is 9.47 Å². The summed E-state index contributed by atoms with van der Waals surface area (Å²) in [4.78, 5) is 23.6. The molecule has 0 bridgehead atoms. The Hall–Kier alpha value is -2.04. The van der Waals surface area contributed by atoms with Crippen molar-refractivity contribution in [3.05, 3.63) is 35.9 Å². The minimum Gasteiger partial charge on any atom is -0.467 e. The lowest BCUT2D eigenvalue weighted by Crippen LogP contribution is -2.44. The van der Waals surface area contributed by atoms with E-state index in [-0.39, 0.29) is 0 Å². The Labute approximate surface area is 138 Å². The maximum atomic E-state index is 11.8. The van der Waals surface area contributed by atoms with Crippen LogP contribution in [0.5, 0.6) is 0 Å². The van der Waals surface area contributed by atoms with Gasteiger partial charge in [0.2, 0.25) is 0 Å². The fraction of sp³-hybridized carbons (Fsp3) is 0.556. The molecule has 5 nitrogen and oxygen atoms in total. The minimum absolute atomic E-state index is 0.449. The molecule has 128 valence electrons. The second-order valence-electron chi connectivity index (χ2n) is 6.45. The Kier molecular flexibility index (Phi) is 7.59. The molecule has 1 atom stereocenters. The molecule has 0 aliphatic rings. The van der Waals surface area contributed by atoms with Crippen LogP contribution in [0.4, 0.5) is 4.79 Å². The van der Waals surface area contributed by atoms with Gasteiger partial charge in [-0.25, -0.2) is 9.59 Å². The predicted octanol–water partition coefficient (Wildman–Crippen LogP) is 3.47. The third-order valence-electron chi connectivity index (χ3n) is 3.23. The molecule has 0 aliphatic carbocycles. The van der Waals surface area contributed by atoms with Crippen molar-refractivity contribution in [2.45, 2.75) is 58.1 Å². The van der Waals surface area contributed by atoms with E-state index in [1.807, 2.05) is 18.2 Å². The van der Waals surface area contributed by atoms with Gasteiger partial charge in [0, 0.05) is 0 Å². The first-order valence-electron chi connectivity index (χ1n) is 7.93. The van der Waals surface area contributed by atoms with Gasteiger partial charge in [-0.05, 0) is 45.6 Å². The number of methoxy groups -OCH3 is 1. The Morgan fingerprint density at radius 1 is 1.13 bits per heavy atom. The number of unbranched alkanes of at least 4 members (excludes halogenated alkanes) is 1. The molecule has 1 amide bonds. The Balaban J connectivity index is 2.42. The molecule has 0 aromatic heterocycles. The highest BCUT2D eigenvalue weighted by Gasteiger charge is 2.24. The Bertz CT molecular complexity index is 493. The zero-order valence-electron chi connectivity index (χ0n) is 14.4. The summed E-state index contributed by atoms with van der Waals surface area (Å²) < 4.78 is 9.93. The van der Waals surface area contributed by atoms with Crippen LogP contribution in [0.2, 0.25) is 0 Å². The van der Waals surface area contributed by atoms with E-state index in [1.165, 1.54) is 12.7 Å². The van der Waals surface area contributed by atoms with E-state index in [0.29, 0.717) is 6.42 Å². The first-order valence-corrected chi connectivity index (χ1v) is 7.93. The Morgan fingerprint density at radius 3 is 2.35 bits per heavy atom. The lowest BCUT2D eigenvalue weighted by Gasteiger charge is -2.22. The smallest absolute Gasteiger partial charge is 0.408 e. The van der Waals surface area contributed by atoms with Crippen LogP contribution < -0.4 is 5.32 Å². The highest BCUT2D eigenvalue weighted by atomic mass is 16.6. The number of ether oxygens (including phenoxy) is 2. The SMILES string of the molecule is COC(=O)[C@@H](CCCCc1ccccc1)NC(=O)OC(C)(C)C. The number of nitrogens with one attached hydrogen (secondary N) is 1. The van der Waals surface area contributed by atoms with Gasteiger partial charge in [0.15, 0.2) is 0 Å². The summed E-state index contributed by atoms with van der Waals surface area (Å²) in [7, 11) is 1.32. The molecule has 0 saturated carbocycles. The maximum Gasteiger partial charge on any atom is 0.408 e. The van der Waals surface area contributed by atoms with Crippen molar-refractivity contribution >= 4 is 12.1 Å². The quantitative estimate of drug-likeness (QED) is 0.617. The zero-order valence-corrected chi connectivity index (χ0v) is 14.4. The zero-order chi connectivity index (χ0) is 17.3. The van der Waals surface area contributed by atoms with Crippen LogP contribution in [-0.2, 0) is 20.7 Å². The van der Waals surface area contributed by atoms with Crippen LogP contribution in [0, 0.1) is 0 Å². The number of hydrogen-bond acceptors (Lipinski definition) is 4. The molecule has 1 rings (SSSR count). The first kappa shape index (κ1) is 19.0. The summed E-state index contributed by atoms with van der Waals surface area (Å²) in [6.45, 7) is 5.33. The van der Waals surface area contributed by atoms with Gasteiger partial charge in [-0.1, -0.05) is 36.8 Å². The molecule has 0 saturated heterocycles. The molecule has 1 aromatic rings. The fourth-order valence-electron chi connectivity index (χ4n) is 2.16. The average Bonchev–Trinajstić information content (AvgIpc) is 2.48. The average molecular weight is 321 g/mol. The van der Waals surface area contributed by atoms with Crippen LogP contribution in [0.15, 0.2) is 30.3 Å². The van der Waals surface area contributed by atoms with Gasteiger partial charge >= 0.3 is 12.1 Å². The van der Waals surface area contributed by atoms with Crippen molar-refractivity contribution in [1.29, 1.82) is 0 Å². The van der Waals surface area contributed by atoms with E-state index < -0.39 is 23.7 Å². The van der Waals surface area contributed by atoms with Crippen LogP contribution >= 0.6 is 0 Å². The van der Waals surface area contributed by atoms with E-state index in [1.54, 1.807) is 20.8 Å². The van der Waals surface area contributed by atoms with Crippen LogP contribution in [0.25, 0.3) is 0 Å². The number of amides is 1. The molecular formula is C18H27NO4. The van der Waals surface area contributed by atoms with E-state index in [0.717, 1.165) is 19.3 Å². The van der Waals surface area contributed by atoms with Gasteiger partial charge < -0.3 is 14.8 Å². The van der Waals surface area contributed by atoms with Gasteiger partial charge in [-0.3, -0.25) is 0 Å². The predicted molar refractivity (Wildman–Crippen MR) is 89.2 cm³/mol. The number of aryl methyl sites for hydroxylation is 1. The van der Waals surface area contributed by atoms with Gasteiger partial charge in [0.05, 0.1) is 7.11 Å². The topological polar surface area (TPSA) is 64.6 Å². The largest absolute Gasteiger partial charge is 0.467 e. The lowest BCUT2D eigenvalue weighted by molar-refractivity contribution is -0.143. The molecule has 0 radical (unpaired) electrons. The summed E-state index contributed by atoms with van der Waals surface area (Å²) in [5.74, 6) is -0.449. The second kappa shape index (κ2) is 9.18. The summed E-state index contributed by atoms with van der Waals surface area (Å²) in [6.07, 6.45) is 2.62. The first-order chi connectivity index (χ1) is 10.8. The third kappa shape index (κ3) is 8.24. The number of hydrogen-bond donors (Lipinski definition) is 1. The highest BCUT2D eigenvalue weighted by molar-refractivity contribution is 5.81. The van der Waals surface area contributed by atoms with E-state index in [9.17, 15) is 9.59 Å². The minimum atomic E-state index is -0.675. The number of rotatable bonds is 7. The molecule has 0 unspecified atom stereocenters. The monoisotopic (exact) mass is 321 g/mol. The molecular weight excluding hydrogens is 294 g/mol. The van der Waals surface area contributed by atoms with Crippen molar-refractivity contribution < 1.29 is 19.1 Å². The van der Waals surface area contributed by atoms with Crippen LogP contribution in [-0.4, -0.2) is 30.8 Å². The van der Waals surface area contributed by atoms with Crippen LogP contribution in [0.1, 0.15) is 45.6 Å². The normalized spacial score (nSPS) is 12.3. The molecule has 5 heteroatoms. The summed E-state index contributed by atoms with van der Waals surface area (Å²) in [5, 5.41) is 2.59. The number of benzene rings is 1. The molecule has 0 heterocycles. The van der Waals surface area contributed by atoms with Gasteiger partial charge in [-0.15, -0.1) is 0 Å². The Morgan fingerprint density at radius 2 is 1.78 bits per heavy atom. The third-order valence-corrected chi connectivity index (χ3v) is 3.23. The number of carbonyl (C=O) groups is 2. The maximum absolute atomic E-state index is 11.8. The van der Waals surface area contributed by atoms with Crippen molar-refractivity contribution in [2.24, 2.45) is 0 Å². The van der Waals surface area contributed by atoms with Crippen molar-refractivity contribution in [1.82, 2.24) is 5.32 Å². The summed E-state index contributed by atoms with van der Waals surface area (Å²) in [6, 6.07) is 9.49. The molecule has 0 aliphatic heterocycles. The molecule has 0 spiro atoms.